The molecule has 0 fully saturated rings. The lowest BCUT2D eigenvalue weighted by Crippen LogP contribution is -2.44. The van der Waals surface area contributed by atoms with Crippen molar-refractivity contribution in [3.05, 3.63) is 94.2 Å². The van der Waals surface area contributed by atoms with Gasteiger partial charge in [0, 0.05) is 36.0 Å². The Morgan fingerprint density at radius 3 is 2.23 bits per heavy atom. The second-order valence-corrected chi connectivity index (χ2v) is 10.8. The Kier molecular flexibility index (Phi) is 13.3. The maximum absolute atomic E-state index is 13.6. The number of hydrogen-bond donors (Lipinski definition) is 0. The molecule has 0 N–H and O–H groups in total. The van der Waals surface area contributed by atoms with E-state index in [9.17, 15) is 9.59 Å². The first-order valence-corrected chi connectivity index (χ1v) is 14.8. The molecule has 6 nitrogen and oxygen atoms in total. The Labute approximate surface area is 242 Å². The molecule has 1 aromatic heterocycles. The molecule has 0 aliphatic carbocycles. The fraction of sp³-hybridized carbons (Fsp3) is 0.438. The van der Waals surface area contributed by atoms with E-state index in [1.54, 1.807) is 4.90 Å². The largest absolute Gasteiger partial charge is 0.367 e. The van der Waals surface area contributed by atoms with Crippen LogP contribution < -0.4 is 0 Å². The number of unbranched alkanes of at least 4 members (excludes halogenated alkanes) is 3. The molecule has 0 unspecified atom stereocenters. The van der Waals surface area contributed by atoms with Gasteiger partial charge in [-0.05, 0) is 48.2 Å². The van der Waals surface area contributed by atoms with Gasteiger partial charge in [0.2, 0.25) is 11.8 Å². The zero-order valence-electron chi connectivity index (χ0n) is 23.4. The van der Waals surface area contributed by atoms with Crippen LogP contribution in [0.2, 0.25) is 0 Å². The van der Waals surface area contributed by atoms with Crippen LogP contribution in [0.4, 0.5) is 0 Å². The van der Waals surface area contributed by atoms with Crippen molar-refractivity contribution in [2.75, 3.05) is 26.2 Å². The molecule has 3 aromatic rings. The van der Waals surface area contributed by atoms with E-state index in [-0.39, 0.29) is 25.0 Å². The minimum atomic E-state index is -0.135. The van der Waals surface area contributed by atoms with Crippen LogP contribution in [0.15, 0.2) is 77.4 Å². The lowest BCUT2D eigenvalue weighted by atomic mass is 10.2. The SMILES string of the molecule is CCCCCN(CC(=O)N(CCCC)Cc1cccn1Cc1ccc(Br)cc1)C(=O)COCc1ccccc1. The van der Waals surface area contributed by atoms with Gasteiger partial charge in [-0.15, -0.1) is 0 Å². The van der Waals surface area contributed by atoms with E-state index in [1.165, 1.54) is 5.56 Å². The summed E-state index contributed by atoms with van der Waals surface area (Å²) in [7, 11) is 0. The molecule has 0 saturated carbocycles. The molecule has 39 heavy (non-hydrogen) atoms. The molecule has 0 radical (unpaired) electrons. The molecule has 1 heterocycles. The van der Waals surface area contributed by atoms with Crippen LogP contribution in [-0.4, -0.2) is 52.4 Å². The van der Waals surface area contributed by atoms with Gasteiger partial charge in [-0.3, -0.25) is 9.59 Å². The molecule has 2 aromatic carbocycles. The van der Waals surface area contributed by atoms with E-state index in [4.69, 9.17) is 4.74 Å². The normalized spacial score (nSPS) is 10.9. The molecule has 0 aliphatic rings. The minimum Gasteiger partial charge on any atom is -0.367 e. The number of carbonyl (C=O) groups is 2. The van der Waals surface area contributed by atoms with E-state index in [1.807, 2.05) is 53.4 Å². The van der Waals surface area contributed by atoms with Crippen molar-refractivity contribution < 1.29 is 14.3 Å². The minimum absolute atomic E-state index is 0.0206. The summed E-state index contributed by atoms with van der Waals surface area (Å²) < 4.78 is 8.96. The first-order valence-electron chi connectivity index (χ1n) is 14.1. The summed E-state index contributed by atoms with van der Waals surface area (Å²) in [5, 5.41) is 0. The van der Waals surface area contributed by atoms with Crippen molar-refractivity contribution in [2.24, 2.45) is 0 Å². The highest BCUT2D eigenvalue weighted by Crippen LogP contribution is 2.15. The summed E-state index contributed by atoms with van der Waals surface area (Å²) in [6.07, 6.45) is 6.92. The summed E-state index contributed by atoms with van der Waals surface area (Å²) in [6.45, 7) is 7.18. The van der Waals surface area contributed by atoms with Gasteiger partial charge < -0.3 is 19.1 Å². The summed E-state index contributed by atoms with van der Waals surface area (Å²) >= 11 is 3.50. The molecule has 0 saturated heterocycles. The number of halogens is 1. The smallest absolute Gasteiger partial charge is 0.249 e. The lowest BCUT2D eigenvalue weighted by molar-refractivity contribution is -0.144. The van der Waals surface area contributed by atoms with Gasteiger partial charge in [0.05, 0.1) is 19.7 Å². The van der Waals surface area contributed by atoms with Crippen molar-refractivity contribution >= 4 is 27.7 Å². The number of aromatic nitrogens is 1. The summed E-state index contributed by atoms with van der Waals surface area (Å²) in [6, 6.07) is 22.2. The molecular weight excluding hydrogens is 554 g/mol. The average Bonchev–Trinajstić information content (AvgIpc) is 3.38. The van der Waals surface area contributed by atoms with E-state index in [0.29, 0.717) is 26.2 Å². The molecule has 0 atom stereocenters. The topological polar surface area (TPSA) is 54.8 Å². The molecule has 3 rings (SSSR count). The Bertz CT molecular complexity index is 1130. The van der Waals surface area contributed by atoms with Gasteiger partial charge in [-0.2, -0.15) is 0 Å². The second kappa shape index (κ2) is 16.9. The van der Waals surface area contributed by atoms with Crippen LogP contribution in [-0.2, 0) is 34.0 Å². The fourth-order valence-electron chi connectivity index (χ4n) is 4.40. The molecule has 0 aliphatic heterocycles. The first kappa shape index (κ1) is 30.6. The van der Waals surface area contributed by atoms with Gasteiger partial charge in [-0.25, -0.2) is 0 Å². The first-order chi connectivity index (χ1) is 19.0. The lowest BCUT2D eigenvalue weighted by Gasteiger charge is -2.28. The third-order valence-electron chi connectivity index (χ3n) is 6.72. The molecule has 0 spiro atoms. The Morgan fingerprint density at radius 2 is 1.51 bits per heavy atom. The van der Waals surface area contributed by atoms with Gasteiger partial charge >= 0.3 is 0 Å². The van der Waals surface area contributed by atoms with Crippen molar-refractivity contribution in [1.82, 2.24) is 14.4 Å². The van der Waals surface area contributed by atoms with Gasteiger partial charge in [0.15, 0.2) is 0 Å². The predicted molar refractivity (Wildman–Crippen MR) is 160 cm³/mol. The third kappa shape index (κ3) is 10.6. The molecule has 7 heteroatoms. The van der Waals surface area contributed by atoms with Crippen molar-refractivity contribution in [3.63, 3.8) is 0 Å². The van der Waals surface area contributed by atoms with Crippen LogP contribution in [0, 0.1) is 0 Å². The fourth-order valence-corrected chi connectivity index (χ4v) is 4.66. The Morgan fingerprint density at radius 1 is 0.795 bits per heavy atom. The van der Waals surface area contributed by atoms with Crippen molar-refractivity contribution in [1.29, 1.82) is 0 Å². The standard InChI is InChI=1S/C32H42BrN3O3/c1-3-5-10-20-36(32(38)26-39-25-28-12-8-7-9-13-28)24-31(37)35(19-6-4-2)23-30-14-11-21-34(30)22-27-15-17-29(33)18-16-27/h7-9,11-18,21H,3-6,10,19-20,22-26H2,1-2H3. The Hall–Kier alpha value is -2.90. The highest BCUT2D eigenvalue weighted by molar-refractivity contribution is 9.10. The summed E-state index contributed by atoms with van der Waals surface area (Å²) in [4.78, 5) is 30.3. The van der Waals surface area contributed by atoms with Gasteiger partial charge in [-0.1, -0.05) is 91.5 Å². The van der Waals surface area contributed by atoms with Crippen LogP contribution >= 0.6 is 15.9 Å². The van der Waals surface area contributed by atoms with Gasteiger partial charge in [0.25, 0.3) is 0 Å². The molecule has 0 bridgehead atoms. The third-order valence-corrected chi connectivity index (χ3v) is 7.25. The zero-order chi connectivity index (χ0) is 27.9. The molecule has 210 valence electrons. The number of amides is 2. The number of hydrogen-bond acceptors (Lipinski definition) is 3. The van der Waals surface area contributed by atoms with Crippen LogP contribution in [0.3, 0.4) is 0 Å². The van der Waals surface area contributed by atoms with Crippen LogP contribution in [0.25, 0.3) is 0 Å². The molecule has 2 amide bonds. The van der Waals surface area contributed by atoms with Crippen LogP contribution in [0.5, 0.6) is 0 Å². The number of carbonyl (C=O) groups excluding carboxylic acids is 2. The van der Waals surface area contributed by atoms with E-state index in [2.05, 4.69) is 58.7 Å². The Balaban J connectivity index is 1.65. The zero-order valence-corrected chi connectivity index (χ0v) is 24.9. The van der Waals surface area contributed by atoms with Gasteiger partial charge in [0.1, 0.15) is 6.61 Å². The maximum Gasteiger partial charge on any atom is 0.249 e. The number of rotatable bonds is 17. The number of nitrogens with zero attached hydrogens (tertiary/aromatic N) is 3. The van der Waals surface area contributed by atoms with Crippen LogP contribution in [0.1, 0.15) is 62.8 Å². The highest BCUT2D eigenvalue weighted by atomic mass is 79.9. The average molecular weight is 597 g/mol. The molecular formula is C32H42BrN3O3. The predicted octanol–water partition coefficient (Wildman–Crippen LogP) is 6.66. The maximum atomic E-state index is 13.6. The van der Waals surface area contributed by atoms with E-state index in [0.717, 1.165) is 54.4 Å². The van der Waals surface area contributed by atoms with E-state index < -0.39 is 0 Å². The second-order valence-electron chi connectivity index (χ2n) is 9.92. The monoisotopic (exact) mass is 595 g/mol. The number of benzene rings is 2. The quantitative estimate of drug-likeness (QED) is 0.164. The van der Waals surface area contributed by atoms with Crippen molar-refractivity contribution in [2.45, 2.75) is 65.6 Å². The summed E-state index contributed by atoms with van der Waals surface area (Å²) in [5.74, 6) is -0.155. The van der Waals surface area contributed by atoms with E-state index >= 15 is 0 Å². The number of ether oxygens (including phenoxy) is 1. The summed E-state index contributed by atoms with van der Waals surface area (Å²) in [5.41, 5.74) is 3.30. The highest BCUT2D eigenvalue weighted by Gasteiger charge is 2.22. The van der Waals surface area contributed by atoms with Crippen molar-refractivity contribution in [3.8, 4) is 0 Å².